The van der Waals surface area contributed by atoms with Crippen molar-refractivity contribution in [3.63, 3.8) is 0 Å². The van der Waals surface area contributed by atoms with Crippen molar-refractivity contribution in [1.29, 1.82) is 0 Å². The van der Waals surface area contributed by atoms with Crippen LogP contribution in [0.2, 0.25) is 0 Å². The minimum absolute atomic E-state index is 0.750. The fourth-order valence-electron chi connectivity index (χ4n) is 2.62. The highest BCUT2D eigenvalue weighted by Gasteiger charge is 2.27. The molecular formula is C14H30N2. The second kappa shape index (κ2) is 7.29. The number of hydrogen-bond donors (Lipinski definition) is 0. The summed E-state index contributed by atoms with van der Waals surface area (Å²) >= 11 is 0. The molecule has 0 bridgehead atoms. The van der Waals surface area contributed by atoms with Crippen molar-refractivity contribution in [2.45, 2.75) is 65.5 Å². The quantitative estimate of drug-likeness (QED) is 0.687. The molecule has 0 aromatic rings. The topological polar surface area (TPSA) is 6.48 Å². The minimum Gasteiger partial charge on any atom is -0.298 e. The molecule has 2 unspecified atom stereocenters. The van der Waals surface area contributed by atoms with Gasteiger partial charge in [-0.1, -0.05) is 26.7 Å². The number of hydrogen-bond acceptors (Lipinski definition) is 2. The van der Waals surface area contributed by atoms with Crippen LogP contribution in [0.15, 0.2) is 0 Å². The van der Waals surface area contributed by atoms with Gasteiger partial charge in [0.05, 0.1) is 0 Å². The van der Waals surface area contributed by atoms with Crippen LogP contribution < -0.4 is 0 Å². The Kier molecular flexibility index (Phi) is 6.37. The Morgan fingerprint density at radius 3 is 1.50 bits per heavy atom. The van der Waals surface area contributed by atoms with Crippen LogP contribution in [-0.2, 0) is 0 Å². The zero-order chi connectivity index (χ0) is 12.0. The Balaban J connectivity index is 2.36. The van der Waals surface area contributed by atoms with Gasteiger partial charge in [-0.25, -0.2) is 0 Å². The van der Waals surface area contributed by atoms with Crippen molar-refractivity contribution < 1.29 is 0 Å². The van der Waals surface area contributed by atoms with Crippen molar-refractivity contribution in [1.82, 2.24) is 9.80 Å². The van der Waals surface area contributed by atoms with Gasteiger partial charge in [-0.15, -0.1) is 0 Å². The fraction of sp³-hybridized carbons (Fsp3) is 1.00. The fourth-order valence-corrected chi connectivity index (χ4v) is 2.62. The third kappa shape index (κ3) is 4.06. The summed E-state index contributed by atoms with van der Waals surface area (Å²) in [5, 5.41) is 0. The number of piperazine rings is 1. The Morgan fingerprint density at radius 2 is 1.19 bits per heavy atom. The standard InChI is InChI=1S/C14H30N2/c1-5-7-9-15-11-14(4)16(10-8-6-2)12-13(15)3/h13-14H,5-12H2,1-4H3. The average Bonchev–Trinajstić information content (AvgIpc) is 2.28. The van der Waals surface area contributed by atoms with Gasteiger partial charge in [0, 0.05) is 25.2 Å². The van der Waals surface area contributed by atoms with Gasteiger partial charge in [-0.2, -0.15) is 0 Å². The maximum absolute atomic E-state index is 2.68. The first-order chi connectivity index (χ1) is 7.69. The molecule has 0 amide bonds. The van der Waals surface area contributed by atoms with Crippen molar-refractivity contribution >= 4 is 0 Å². The Bertz CT molecular complexity index is 162. The number of unbranched alkanes of at least 4 members (excludes halogenated alkanes) is 2. The zero-order valence-electron chi connectivity index (χ0n) is 11.7. The predicted octanol–water partition coefficient (Wildman–Crippen LogP) is 2.98. The third-order valence-corrected chi connectivity index (χ3v) is 3.84. The van der Waals surface area contributed by atoms with E-state index in [0.29, 0.717) is 0 Å². The SMILES string of the molecule is CCCCN1CC(C)N(CCCC)CC1C. The van der Waals surface area contributed by atoms with Crippen LogP contribution in [0, 0.1) is 0 Å². The van der Waals surface area contributed by atoms with Gasteiger partial charge in [-0.05, 0) is 39.8 Å². The zero-order valence-corrected chi connectivity index (χ0v) is 11.7. The van der Waals surface area contributed by atoms with Crippen LogP contribution in [0.4, 0.5) is 0 Å². The normalized spacial score (nSPS) is 28.5. The van der Waals surface area contributed by atoms with Gasteiger partial charge in [0.2, 0.25) is 0 Å². The van der Waals surface area contributed by atoms with Gasteiger partial charge in [-0.3, -0.25) is 9.80 Å². The second-order valence-corrected chi connectivity index (χ2v) is 5.40. The van der Waals surface area contributed by atoms with Crippen LogP contribution in [0.5, 0.6) is 0 Å². The summed E-state index contributed by atoms with van der Waals surface area (Å²) in [5.74, 6) is 0. The molecule has 96 valence electrons. The molecule has 2 heteroatoms. The lowest BCUT2D eigenvalue weighted by Crippen LogP contribution is -2.56. The van der Waals surface area contributed by atoms with E-state index in [1.54, 1.807) is 0 Å². The molecule has 1 fully saturated rings. The van der Waals surface area contributed by atoms with Gasteiger partial charge in [0.15, 0.2) is 0 Å². The van der Waals surface area contributed by atoms with Crippen LogP contribution in [-0.4, -0.2) is 48.1 Å². The first kappa shape index (κ1) is 14.0. The van der Waals surface area contributed by atoms with Crippen molar-refractivity contribution in [3.8, 4) is 0 Å². The molecule has 1 aliphatic heterocycles. The van der Waals surface area contributed by atoms with Crippen LogP contribution >= 0.6 is 0 Å². The molecule has 16 heavy (non-hydrogen) atoms. The average molecular weight is 226 g/mol. The largest absolute Gasteiger partial charge is 0.298 e. The molecule has 0 N–H and O–H groups in total. The van der Waals surface area contributed by atoms with Gasteiger partial charge in [0.1, 0.15) is 0 Å². The van der Waals surface area contributed by atoms with Gasteiger partial charge >= 0.3 is 0 Å². The number of rotatable bonds is 6. The summed E-state index contributed by atoms with van der Waals surface area (Å²) in [5.41, 5.74) is 0. The summed E-state index contributed by atoms with van der Waals surface area (Å²) in [6, 6.07) is 1.50. The lowest BCUT2D eigenvalue weighted by Gasteiger charge is -2.44. The molecule has 0 spiro atoms. The summed E-state index contributed by atoms with van der Waals surface area (Å²) in [7, 11) is 0. The molecular weight excluding hydrogens is 196 g/mol. The molecule has 1 saturated heterocycles. The van der Waals surface area contributed by atoms with E-state index in [2.05, 4.69) is 37.5 Å². The van der Waals surface area contributed by atoms with Crippen molar-refractivity contribution in [2.75, 3.05) is 26.2 Å². The number of nitrogens with zero attached hydrogens (tertiary/aromatic N) is 2. The van der Waals surface area contributed by atoms with E-state index >= 15 is 0 Å². The maximum atomic E-state index is 2.68. The van der Waals surface area contributed by atoms with E-state index < -0.39 is 0 Å². The monoisotopic (exact) mass is 226 g/mol. The summed E-state index contributed by atoms with van der Waals surface area (Å²) < 4.78 is 0. The Hall–Kier alpha value is -0.0800. The lowest BCUT2D eigenvalue weighted by molar-refractivity contribution is 0.0413. The lowest BCUT2D eigenvalue weighted by atomic mass is 10.1. The highest BCUT2D eigenvalue weighted by molar-refractivity contribution is 4.84. The molecule has 2 nitrogen and oxygen atoms in total. The van der Waals surface area contributed by atoms with Crippen LogP contribution in [0.1, 0.15) is 53.4 Å². The minimum atomic E-state index is 0.750. The Morgan fingerprint density at radius 1 is 0.812 bits per heavy atom. The van der Waals surface area contributed by atoms with Crippen molar-refractivity contribution in [2.24, 2.45) is 0 Å². The van der Waals surface area contributed by atoms with E-state index in [1.807, 2.05) is 0 Å². The molecule has 2 atom stereocenters. The van der Waals surface area contributed by atoms with Crippen LogP contribution in [0.25, 0.3) is 0 Å². The first-order valence-electron chi connectivity index (χ1n) is 7.17. The molecule has 0 saturated carbocycles. The highest BCUT2D eigenvalue weighted by atomic mass is 15.3. The second-order valence-electron chi connectivity index (χ2n) is 5.40. The molecule has 0 aliphatic carbocycles. The highest BCUT2D eigenvalue weighted by Crippen LogP contribution is 2.16. The molecule has 0 aromatic heterocycles. The van der Waals surface area contributed by atoms with E-state index in [9.17, 15) is 0 Å². The summed E-state index contributed by atoms with van der Waals surface area (Å²) in [4.78, 5) is 5.35. The summed E-state index contributed by atoms with van der Waals surface area (Å²) in [6.07, 6.45) is 5.34. The first-order valence-corrected chi connectivity index (χ1v) is 7.17. The molecule has 1 rings (SSSR count). The summed E-state index contributed by atoms with van der Waals surface area (Å²) in [6.45, 7) is 14.5. The maximum Gasteiger partial charge on any atom is 0.0195 e. The molecule has 0 aromatic carbocycles. The Labute approximate surface area is 102 Å². The van der Waals surface area contributed by atoms with Gasteiger partial charge < -0.3 is 0 Å². The van der Waals surface area contributed by atoms with E-state index in [0.717, 1.165) is 12.1 Å². The van der Waals surface area contributed by atoms with Crippen LogP contribution in [0.3, 0.4) is 0 Å². The van der Waals surface area contributed by atoms with Crippen molar-refractivity contribution in [3.05, 3.63) is 0 Å². The van der Waals surface area contributed by atoms with E-state index in [4.69, 9.17) is 0 Å². The third-order valence-electron chi connectivity index (χ3n) is 3.84. The van der Waals surface area contributed by atoms with Gasteiger partial charge in [0.25, 0.3) is 0 Å². The van der Waals surface area contributed by atoms with E-state index in [-0.39, 0.29) is 0 Å². The molecule has 1 heterocycles. The molecule has 0 radical (unpaired) electrons. The molecule has 1 aliphatic rings. The smallest absolute Gasteiger partial charge is 0.0195 e. The van der Waals surface area contributed by atoms with E-state index in [1.165, 1.54) is 51.9 Å². The predicted molar refractivity (Wildman–Crippen MR) is 71.9 cm³/mol.